The maximum atomic E-state index is 12.8. The third-order valence-corrected chi connectivity index (χ3v) is 5.42. The standard InChI is InChI=1S/C20H18N6O2S/c1-11-7-16(27)25-18(22-11)13-5-4-6-15(8-13)24-19(28)17-12(2)23-20(29-17)14-9-21-26(3)10-14/h4-10H,1-3H3,(H,24,28)(H,22,25,27). The minimum absolute atomic E-state index is 0.217. The van der Waals surface area contributed by atoms with E-state index >= 15 is 0 Å². The molecule has 2 N–H and O–H groups in total. The molecule has 8 nitrogen and oxygen atoms in total. The van der Waals surface area contributed by atoms with E-state index in [1.165, 1.54) is 17.4 Å². The number of nitrogens with one attached hydrogen (secondary N) is 2. The van der Waals surface area contributed by atoms with Gasteiger partial charge in [0.15, 0.2) is 0 Å². The fourth-order valence-corrected chi connectivity index (χ4v) is 3.85. The number of hydrogen-bond acceptors (Lipinski definition) is 6. The minimum atomic E-state index is -0.238. The van der Waals surface area contributed by atoms with Gasteiger partial charge >= 0.3 is 0 Å². The van der Waals surface area contributed by atoms with Gasteiger partial charge in [0.2, 0.25) is 0 Å². The van der Waals surface area contributed by atoms with Gasteiger partial charge in [0.1, 0.15) is 15.7 Å². The maximum absolute atomic E-state index is 12.8. The molecule has 0 aliphatic heterocycles. The molecule has 1 aromatic carbocycles. The van der Waals surface area contributed by atoms with Crippen LogP contribution >= 0.6 is 11.3 Å². The van der Waals surface area contributed by atoms with Crippen molar-refractivity contribution >= 4 is 22.9 Å². The Labute approximate surface area is 170 Å². The number of thiazole rings is 1. The number of H-pyrrole nitrogens is 1. The van der Waals surface area contributed by atoms with E-state index in [9.17, 15) is 9.59 Å². The van der Waals surface area contributed by atoms with Crippen LogP contribution in [0.3, 0.4) is 0 Å². The molecule has 4 aromatic rings. The Balaban J connectivity index is 1.59. The van der Waals surface area contributed by atoms with Crippen molar-refractivity contribution in [2.45, 2.75) is 13.8 Å². The van der Waals surface area contributed by atoms with Crippen LogP contribution in [0, 0.1) is 13.8 Å². The number of aryl methyl sites for hydroxylation is 3. The first-order valence-electron chi connectivity index (χ1n) is 8.85. The summed E-state index contributed by atoms with van der Waals surface area (Å²) in [7, 11) is 1.83. The molecular formula is C20H18N6O2S. The first-order chi connectivity index (χ1) is 13.9. The van der Waals surface area contributed by atoms with E-state index in [1.807, 2.05) is 26.2 Å². The third kappa shape index (κ3) is 3.99. The van der Waals surface area contributed by atoms with Gasteiger partial charge in [-0.3, -0.25) is 14.3 Å². The van der Waals surface area contributed by atoms with Crippen molar-refractivity contribution in [2.24, 2.45) is 7.05 Å². The van der Waals surface area contributed by atoms with Crippen LogP contribution in [0.15, 0.2) is 47.5 Å². The Morgan fingerprint density at radius 2 is 2.00 bits per heavy atom. The second-order valence-electron chi connectivity index (χ2n) is 6.61. The normalized spacial score (nSPS) is 10.9. The Morgan fingerprint density at radius 3 is 2.72 bits per heavy atom. The molecule has 3 heterocycles. The van der Waals surface area contributed by atoms with Gasteiger partial charge in [-0.25, -0.2) is 9.97 Å². The molecule has 0 unspecified atom stereocenters. The fraction of sp³-hybridized carbons (Fsp3) is 0.150. The molecule has 0 aliphatic carbocycles. The summed E-state index contributed by atoms with van der Waals surface area (Å²) in [6, 6.07) is 8.61. The number of nitrogens with zero attached hydrogens (tertiary/aromatic N) is 4. The SMILES string of the molecule is Cc1cc(=O)[nH]c(-c2cccc(NC(=O)c3sc(-c4cnn(C)c4)nc3C)c2)n1. The van der Waals surface area contributed by atoms with E-state index in [0.29, 0.717) is 33.3 Å². The van der Waals surface area contributed by atoms with Crippen LogP contribution in [-0.2, 0) is 7.05 Å². The summed E-state index contributed by atoms with van der Waals surface area (Å²) in [5, 5.41) is 7.79. The number of rotatable bonds is 4. The van der Waals surface area contributed by atoms with Gasteiger partial charge in [-0.05, 0) is 26.0 Å². The lowest BCUT2D eigenvalue weighted by atomic mass is 10.2. The average Bonchev–Trinajstić information content (AvgIpc) is 3.27. The summed E-state index contributed by atoms with van der Waals surface area (Å²) in [5.41, 5.74) is 3.25. The van der Waals surface area contributed by atoms with E-state index < -0.39 is 0 Å². The topological polar surface area (TPSA) is 106 Å². The number of aromatic amines is 1. The van der Waals surface area contributed by atoms with Gasteiger partial charge in [-0.1, -0.05) is 12.1 Å². The summed E-state index contributed by atoms with van der Waals surface area (Å²) in [4.78, 5) is 36.6. The predicted molar refractivity (Wildman–Crippen MR) is 112 cm³/mol. The van der Waals surface area contributed by atoms with E-state index in [4.69, 9.17) is 0 Å². The number of carbonyl (C=O) groups is 1. The highest BCUT2D eigenvalue weighted by molar-refractivity contribution is 7.17. The Hall–Kier alpha value is -3.59. The van der Waals surface area contributed by atoms with Crippen LogP contribution in [0.5, 0.6) is 0 Å². The molecule has 0 atom stereocenters. The molecule has 0 saturated heterocycles. The number of anilines is 1. The Bertz CT molecular complexity index is 1270. The molecular weight excluding hydrogens is 388 g/mol. The molecule has 3 aromatic heterocycles. The second kappa shape index (κ2) is 7.44. The molecule has 146 valence electrons. The van der Waals surface area contributed by atoms with Gasteiger partial charge in [-0.15, -0.1) is 11.3 Å². The van der Waals surface area contributed by atoms with Crippen LogP contribution in [-0.4, -0.2) is 30.6 Å². The summed E-state index contributed by atoms with van der Waals surface area (Å²) in [5.74, 6) is 0.219. The van der Waals surface area contributed by atoms with Gasteiger partial charge in [0.25, 0.3) is 11.5 Å². The molecule has 0 spiro atoms. The Morgan fingerprint density at radius 1 is 1.17 bits per heavy atom. The Kier molecular flexibility index (Phi) is 4.81. The van der Waals surface area contributed by atoms with Gasteiger partial charge in [0.05, 0.1) is 11.9 Å². The van der Waals surface area contributed by atoms with Crippen molar-refractivity contribution in [1.82, 2.24) is 24.7 Å². The van der Waals surface area contributed by atoms with Crippen LogP contribution in [0.4, 0.5) is 5.69 Å². The lowest BCUT2D eigenvalue weighted by molar-refractivity contribution is 0.103. The molecule has 0 bridgehead atoms. The molecule has 0 fully saturated rings. The fourth-order valence-electron chi connectivity index (χ4n) is 2.91. The molecule has 0 radical (unpaired) electrons. The second-order valence-corrected chi connectivity index (χ2v) is 7.61. The van der Waals surface area contributed by atoms with E-state index in [2.05, 4.69) is 25.4 Å². The zero-order valence-corrected chi connectivity index (χ0v) is 16.9. The lowest BCUT2D eigenvalue weighted by Crippen LogP contribution is -2.12. The highest BCUT2D eigenvalue weighted by Gasteiger charge is 2.17. The quantitative estimate of drug-likeness (QED) is 0.542. The molecule has 0 saturated carbocycles. The van der Waals surface area contributed by atoms with Crippen molar-refractivity contribution in [3.05, 3.63) is 69.3 Å². The van der Waals surface area contributed by atoms with Gasteiger partial charge in [0, 0.05) is 41.8 Å². The monoisotopic (exact) mass is 406 g/mol. The average molecular weight is 406 g/mol. The zero-order valence-electron chi connectivity index (χ0n) is 16.1. The third-order valence-electron chi connectivity index (χ3n) is 4.22. The van der Waals surface area contributed by atoms with Crippen LogP contribution in [0.2, 0.25) is 0 Å². The van der Waals surface area contributed by atoms with E-state index in [0.717, 1.165) is 10.6 Å². The molecule has 4 rings (SSSR count). The molecule has 29 heavy (non-hydrogen) atoms. The van der Waals surface area contributed by atoms with Gasteiger partial charge < -0.3 is 10.3 Å². The summed E-state index contributed by atoms with van der Waals surface area (Å²) < 4.78 is 1.70. The first kappa shape index (κ1) is 18.8. The van der Waals surface area contributed by atoms with Crippen LogP contribution in [0.1, 0.15) is 21.1 Å². The van der Waals surface area contributed by atoms with Crippen LogP contribution in [0.25, 0.3) is 22.0 Å². The van der Waals surface area contributed by atoms with Crippen molar-refractivity contribution in [1.29, 1.82) is 0 Å². The molecule has 9 heteroatoms. The van der Waals surface area contributed by atoms with Crippen molar-refractivity contribution in [2.75, 3.05) is 5.32 Å². The van der Waals surface area contributed by atoms with Crippen molar-refractivity contribution in [3.63, 3.8) is 0 Å². The van der Waals surface area contributed by atoms with Gasteiger partial charge in [-0.2, -0.15) is 5.10 Å². The smallest absolute Gasteiger partial charge is 0.267 e. The molecule has 0 aliphatic rings. The minimum Gasteiger partial charge on any atom is -0.321 e. The number of amides is 1. The highest BCUT2D eigenvalue weighted by atomic mass is 32.1. The number of benzene rings is 1. The summed E-state index contributed by atoms with van der Waals surface area (Å²) in [6.45, 7) is 3.57. The predicted octanol–water partition coefficient (Wildman–Crippen LogP) is 3.16. The number of carbonyl (C=O) groups excluding carboxylic acids is 1. The zero-order chi connectivity index (χ0) is 20.5. The molecule has 1 amide bonds. The van der Waals surface area contributed by atoms with Crippen LogP contribution < -0.4 is 10.9 Å². The summed E-state index contributed by atoms with van der Waals surface area (Å²) in [6.07, 6.45) is 3.58. The first-order valence-corrected chi connectivity index (χ1v) is 9.67. The van der Waals surface area contributed by atoms with E-state index in [-0.39, 0.29) is 11.5 Å². The largest absolute Gasteiger partial charge is 0.321 e. The van der Waals surface area contributed by atoms with E-state index in [1.54, 1.807) is 36.0 Å². The summed E-state index contributed by atoms with van der Waals surface area (Å²) >= 11 is 1.32. The highest BCUT2D eigenvalue weighted by Crippen LogP contribution is 2.28. The maximum Gasteiger partial charge on any atom is 0.267 e. The lowest BCUT2D eigenvalue weighted by Gasteiger charge is -2.07. The number of hydrogen-bond donors (Lipinski definition) is 2. The number of aromatic nitrogens is 5. The van der Waals surface area contributed by atoms with Crippen molar-refractivity contribution < 1.29 is 4.79 Å². The van der Waals surface area contributed by atoms with Crippen molar-refractivity contribution in [3.8, 4) is 22.0 Å².